The molecule has 1 atom stereocenters. The van der Waals surface area contributed by atoms with Crippen LogP contribution < -0.4 is 10.6 Å². The van der Waals surface area contributed by atoms with Crippen LogP contribution in [0.1, 0.15) is 52.9 Å². The van der Waals surface area contributed by atoms with Crippen LogP contribution in [0.4, 0.5) is 0 Å². The topological polar surface area (TPSA) is 61.4 Å². The molecule has 0 unspecified atom stereocenters. The molecule has 0 bridgehead atoms. The molecule has 2 N–H and O–H groups in total. The lowest BCUT2D eigenvalue weighted by Crippen LogP contribution is -2.47. The van der Waals surface area contributed by atoms with Crippen LogP contribution in [0.5, 0.6) is 0 Å². The average Bonchev–Trinajstić information content (AvgIpc) is 2.72. The third-order valence-corrected chi connectivity index (χ3v) is 5.73. The maximum atomic E-state index is 12.5. The van der Waals surface area contributed by atoms with Gasteiger partial charge in [-0.05, 0) is 62.4 Å². The molecule has 1 fully saturated rings. The Bertz CT molecular complexity index is 842. The molecule has 2 aromatic carbocycles. The molecule has 0 spiro atoms. The highest BCUT2D eigenvalue weighted by Crippen LogP contribution is 2.17. The summed E-state index contributed by atoms with van der Waals surface area (Å²) in [6.07, 6.45) is 1.72. The van der Waals surface area contributed by atoms with Gasteiger partial charge in [0.15, 0.2) is 0 Å². The fourth-order valence-corrected chi connectivity index (χ4v) is 3.70. The van der Waals surface area contributed by atoms with E-state index in [1.807, 2.05) is 37.3 Å². The van der Waals surface area contributed by atoms with Gasteiger partial charge in [0, 0.05) is 24.7 Å². The lowest BCUT2D eigenvalue weighted by molar-refractivity contribution is -0.123. The van der Waals surface area contributed by atoms with Gasteiger partial charge in [-0.25, -0.2) is 0 Å². The number of benzene rings is 2. The first kappa shape index (κ1) is 21.1. The summed E-state index contributed by atoms with van der Waals surface area (Å²) in [5.74, 6) is 0.0199. The Balaban J connectivity index is 1.42. The molecule has 0 saturated carbocycles. The van der Waals surface area contributed by atoms with Gasteiger partial charge in [0.1, 0.15) is 0 Å². The molecule has 0 aromatic heterocycles. The van der Waals surface area contributed by atoms with Crippen LogP contribution in [0.25, 0.3) is 0 Å². The zero-order valence-electron chi connectivity index (χ0n) is 17.6. The van der Waals surface area contributed by atoms with Crippen LogP contribution in [0.3, 0.4) is 0 Å². The minimum Gasteiger partial charge on any atom is -0.349 e. The molecule has 3 rings (SSSR count). The smallest absolute Gasteiger partial charge is 0.251 e. The van der Waals surface area contributed by atoms with Crippen molar-refractivity contribution in [1.29, 1.82) is 0 Å². The number of nitrogens with one attached hydrogen (secondary N) is 2. The van der Waals surface area contributed by atoms with Crippen molar-refractivity contribution in [3.63, 3.8) is 0 Å². The number of rotatable bonds is 6. The Morgan fingerprint density at radius 1 is 1.03 bits per heavy atom. The number of likely N-dealkylation sites (tertiary alicyclic amines) is 1. The fourth-order valence-electron chi connectivity index (χ4n) is 3.70. The van der Waals surface area contributed by atoms with E-state index in [0.29, 0.717) is 12.1 Å². The van der Waals surface area contributed by atoms with Crippen LogP contribution in [0, 0.1) is 13.8 Å². The molecule has 2 aromatic rings. The summed E-state index contributed by atoms with van der Waals surface area (Å²) in [5.41, 5.74) is 4.32. The van der Waals surface area contributed by atoms with Gasteiger partial charge < -0.3 is 10.6 Å². The maximum absolute atomic E-state index is 12.5. The Hall–Kier alpha value is -2.66. The first-order valence-corrected chi connectivity index (χ1v) is 10.4. The third-order valence-electron chi connectivity index (χ3n) is 5.73. The third kappa shape index (κ3) is 5.91. The highest BCUT2D eigenvalue weighted by molar-refractivity contribution is 5.94. The molecule has 5 heteroatoms. The van der Waals surface area contributed by atoms with E-state index in [-0.39, 0.29) is 23.9 Å². The molecule has 1 heterocycles. The minimum absolute atomic E-state index is 0.00972. The summed E-state index contributed by atoms with van der Waals surface area (Å²) in [6, 6.07) is 15.8. The highest BCUT2D eigenvalue weighted by atomic mass is 16.2. The maximum Gasteiger partial charge on any atom is 0.251 e. The molecule has 1 aliphatic rings. The normalized spacial score (nSPS) is 16.2. The van der Waals surface area contributed by atoms with Crippen molar-refractivity contribution >= 4 is 11.8 Å². The Kier molecular flexibility index (Phi) is 7.04. The Morgan fingerprint density at radius 3 is 2.38 bits per heavy atom. The van der Waals surface area contributed by atoms with Crippen molar-refractivity contribution in [2.24, 2.45) is 0 Å². The van der Waals surface area contributed by atoms with E-state index in [0.717, 1.165) is 31.5 Å². The molecule has 1 aliphatic heterocycles. The van der Waals surface area contributed by atoms with E-state index in [4.69, 9.17) is 0 Å². The van der Waals surface area contributed by atoms with Gasteiger partial charge in [0.25, 0.3) is 5.91 Å². The second-order valence-electron chi connectivity index (χ2n) is 8.02. The van der Waals surface area contributed by atoms with Gasteiger partial charge in [-0.2, -0.15) is 0 Å². The number of piperidine rings is 1. The van der Waals surface area contributed by atoms with E-state index in [1.165, 1.54) is 11.1 Å². The fraction of sp³-hybridized carbons (Fsp3) is 0.417. The molecular formula is C24H31N3O2. The van der Waals surface area contributed by atoms with E-state index in [1.54, 1.807) is 0 Å². The van der Waals surface area contributed by atoms with Crippen LogP contribution in [0.2, 0.25) is 0 Å². The average molecular weight is 394 g/mol. The molecule has 154 valence electrons. The lowest BCUT2D eigenvalue weighted by Gasteiger charge is -2.32. The zero-order chi connectivity index (χ0) is 20.8. The van der Waals surface area contributed by atoms with E-state index in [2.05, 4.69) is 47.6 Å². The van der Waals surface area contributed by atoms with E-state index >= 15 is 0 Å². The minimum atomic E-state index is -0.0241. The van der Waals surface area contributed by atoms with Crippen molar-refractivity contribution in [3.05, 3.63) is 70.8 Å². The summed E-state index contributed by atoms with van der Waals surface area (Å²) < 4.78 is 0. The summed E-state index contributed by atoms with van der Waals surface area (Å²) in [7, 11) is 0. The largest absolute Gasteiger partial charge is 0.349 e. The van der Waals surface area contributed by atoms with Gasteiger partial charge >= 0.3 is 0 Å². The number of aryl methyl sites for hydroxylation is 2. The Labute approximate surface area is 173 Å². The molecule has 29 heavy (non-hydrogen) atoms. The molecular weight excluding hydrogens is 362 g/mol. The van der Waals surface area contributed by atoms with Crippen molar-refractivity contribution in [2.75, 3.05) is 19.6 Å². The predicted octanol–water partition coefficient (Wildman–Crippen LogP) is 3.38. The van der Waals surface area contributed by atoms with E-state index in [9.17, 15) is 9.59 Å². The van der Waals surface area contributed by atoms with Crippen molar-refractivity contribution < 1.29 is 9.59 Å². The summed E-state index contributed by atoms with van der Waals surface area (Å²) >= 11 is 0. The van der Waals surface area contributed by atoms with Crippen LogP contribution >= 0.6 is 0 Å². The molecule has 5 nitrogen and oxygen atoms in total. The first-order chi connectivity index (χ1) is 13.9. The van der Waals surface area contributed by atoms with Crippen molar-refractivity contribution in [1.82, 2.24) is 15.5 Å². The monoisotopic (exact) mass is 393 g/mol. The van der Waals surface area contributed by atoms with Crippen molar-refractivity contribution in [2.45, 2.75) is 45.7 Å². The molecule has 1 saturated heterocycles. The van der Waals surface area contributed by atoms with Crippen molar-refractivity contribution in [3.8, 4) is 0 Å². The SMILES string of the molecule is Cc1ccc([C@@H](C)NC(=O)CN2CCC(NC(=O)c3ccccc3)CC2)cc1C. The van der Waals surface area contributed by atoms with Gasteiger partial charge in [-0.15, -0.1) is 0 Å². The number of carbonyl (C=O) groups is 2. The summed E-state index contributed by atoms with van der Waals surface area (Å²) in [6.45, 7) is 8.22. The molecule has 0 radical (unpaired) electrons. The van der Waals surface area contributed by atoms with Crippen LogP contribution in [-0.4, -0.2) is 42.4 Å². The number of hydrogen-bond acceptors (Lipinski definition) is 3. The zero-order valence-corrected chi connectivity index (χ0v) is 17.6. The quantitative estimate of drug-likeness (QED) is 0.791. The first-order valence-electron chi connectivity index (χ1n) is 10.4. The number of hydrogen-bond donors (Lipinski definition) is 2. The van der Waals surface area contributed by atoms with Crippen LogP contribution in [0.15, 0.2) is 48.5 Å². The summed E-state index contributed by atoms with van der Waals surface area (Å²) in [5, 5.41) is 6.21. The number of nitrogens with zero attached hydrogens (tertiary/aromatic N) is 1. The lowest BCUT2D eigenvalue weighted by atomic mass is 10.0. The summed E-state index contributed by atoms with van der Waals surface area (Å²) in [4.78, 5) is 26.9. The molecule has 0 aliphatic carbocycles. The molecule has 2 amide bonds. The standard InChI is InChI=1S/C24H31N3O2/c1-17-9-10-21(15-18(17)2)19(3)25-23(28)16-27-13-11-22(12-14-27)26-24(29)20-7-5-4-6-8-20/h4-10,15,19,22H,11-14,16H2,1-3H3,(H,25,28)(H,26,29)/t19-/m1/s1. The Morgan fingerprint density at radius 2 is 1.72 bits per heavy atom. The van der Waals surface area contributed by atoms with E-state index < -0.39 is 0 Å². The second kappa shape index (κ2) is 9.70. The van der Waals surface area contributed by atoms with Gasteiger partial charge in [0.2, 0.25) is 5.91 Å². The predicted molar refractivity (Wildman–Crippen MR) is 116 cm³/mol. The second-order valence-corrected chi connectivity index (χ2v) is 8.02. The van der Waals surface area contributed by atoms with Gasteiger partial charge in [-0.3, -0.25) is 14.5 Å². The van der Waals surface area contributed by atoms with Gasteiger partial charge in [0.05, 0.1) is 12.6 Å². The highest BCUT2D eigenvalue weighted by Gasteiger charge is 2.23. The van der Waals surface area contributed by atoms with Gasteiger partial charge in [-0.1, -0.05) is 36.4 Å². The van der Waals surface area contributed by atoms with Crippen LogP contribution in [-0.2, 0) is 4.79 Å². The number of amides is 2. The number of carbonyl (C=O) groups excluding carboxylic acids is 2.